The summed E-state index contributed by atoms with van der Waals surface area (Å²) >= 11 is 1.56. The lowest BCUT2D eigenvalue weighted by molar-refractivity contribution is 0.0595. The first-order valence-electron chi connectivity index (χ1n) is 4.28. The van der Waals surface area contributed by atoms with E-state index in [0.717, 1.165) is 9.75 Å². The molecule has 15 heavy (non-hydrogen) atoms. The zero-order valence-electron chi connectivity index (χ0n) is 8.27. The largest absolute Gasteiger partial charge is 0.464 e. The lowest BCUT2D eigenvalue weighted by Gasteiger charge is -1.95. The molecule has 0 aliphatic rings. The van der Waals surface area contributed by atoms with Gasteiger partial charge in [-0.1, -0.05) is 0 Å². The molecular formula is C9H9N3O2S. The van der Waals surface area contributed by atoms with Gasteiger partial charge >= 0.3 is 5.97 Å². The van der Waals surface area contributed by atoms with Crippen LogP contribution in [0.2, 0.25) is 0 Å². The van der Waals surface area contributed by atoms with Gasteiger partial charge in [0.1, 0.15) is 5.69 Å². The first-order valence-corrected chi connectivity index (χ1v) is 5.10. The van der Waals surface area contributed by atoms with E-state index in [4.69, 9.17) is 0 Å². The molecule has 0 spiro atoms. The number of methoxy groups -OCH3 is 1. The number of H-pyrrole nitrogens is 1. The Kier molecular flexibility index (Phi) is 2.51. The van der Waals surface area contributed by atoms with Crippen molar-refractivity contribution in [1.82, 2.24) is 15.4 Å². The van der Waals surface area contributed by atoms with Gasteiger partial charge in [-0.3, -0.25) is 0 Å². The Hall–Kier alpha value is -1.69. The monoisotopic (exact) mass is 223 g/mol. The van der Waals surface area contributed by atoms with Gasteiger partial charge in [-0.25, -0.2) is 4.79 Å². The lowest BCUT2D eigenvalue weighted by Crippen LogP contribution is -2.03. The molecule has 2 aromatic rings. The molecule has 0 aliphatic heterocycles. The van der Waals surface area contributed by atoms with Crippen LogP contribution in [0.25, 0.3) is 10.6 Å². The number of aryl methyl sites for hydroxylation is 1. The molecule has 0 amide bonds. The van der Waals surface area contributed by atoms with Gasteiger partial charge in [0.25, 0.3) is 0 Å². The van der Waals surface area contributed by atoms with Crippen LogP contribution < -0.4 is 0 Å². The van der Waals surface area contributed by atoms with Gasteiger partial charge in [0.2, 0.25) is 0 Å². The van der Waals surface area contributed by atoms with Gasteiger partial charge in [-0.15, -0.1) is 16.4 Å². The molecule has 2 aromatic heterocycles. The molecule has 0 aliphatic carbocycles. The van der Waals surface area contributed by atoms with E-state index in [1.54, 1.807) is 11.3 Å². The normalized spacial score (nSPS) is 10.3. The first kappa shape index (κ1) is 9.85. The van der Waals surface area contributed by atoms with Crippen LogP contribution in [0, 0.1) is 6.92 Å². The molecule has 78 valence electrons. The van der Waals surface area contributed by atoms with E-state index in [-0.39, 0.29) is 5.69 Å². The second-order valence-electron chi connectivity index (χ2n) is 2.92. The molecule has 0 fully saturated rings. The average Bonchev–Trinajstić information content (AvgIpc) is 2.84. The summed E-state index contributed by atoms with van der Waals surface area (Å²) in [6.07, 6.45) is 0. The van der Waals surface area contributed by atoms with Crippen LogP contribution in [0.5, 0.6) is 0 Å². The fourth-order valence-corrected chi connectivity index (χ4v) is 2.06. The van der Waals surface area contributed by atoms with Crippen molar-refractivity contribution in [2.45, 2.75) is 6.92 Å². The van der Waals surface area contributed by atoms with Crippen molar-refractivity contribution in [2.24, 2.45) is 0 Å². The van der Waals surface area contributed by atoms with Gasteiger partial charge in [-0.2, -0.15) is 10.3 Å². The summed E-state index contributed by atoms with van der Waals surface area (Å²) in [5.41, 5.74) is 0.763. The number of aromatic nitrogens is 3. The second-order valence-corrected chi connectivity index (χ2v) is 4.21. The average molecular weight is 223 g/mol. The van der Waals surface area contributed by atoms with Crippen molar-refractivity contribution in [3.63, 3.8) is 0 Å². The third kappa shape index (κ3) is 1.75. The highest BCUT2D eigenvalue weighted by Crippen LogP contribution is 2.27. The summed E-state index contributed by atoms with van der Waals surface area (Å²) in [5.74, 6) is -0.482. The van der Waals surface area contributed by atoms with Crippen LogP contribution in [0.1, 0.15) is 15.4 Å². The third-order valence-electron chi connectivity index (χ3n) is 1.90. The van der Waals surface area contributed by atoms with Crippen molar-refractivity contribution in [2.75, 3.05) is 7.11 Å². The number of aromatic amines is 1. The molecule has 0 saturated heterocycles. The highest BCUT2D eigenvalue weighted by Gasteiger charge is 2.19. The molecule has 0 bridgehead atoms. The summed E-state index contributed by atoms with van der Waals surface area (Å²) in [5, 5.41) is 10.1. The number of hydrogen-bond acceptors (Lipinski definition) is 5. The second kappa shape index (κ2) is 3.82. The number of thiophene rings is 1. The summed E-state index contributed by atoms with van der Waals surface area (Å²) < 4.78 is 4.61. The molecule has 0 unspecified atom stereocenters. The fraction of sp³-hybridized carbons (Fsp3) is 0.222. The zero-order valence-corrected chi connectivity index (χ0v) is 9.09. The van der Waals surface area contributed by atoms with Crippen LogP contribution in [-0.4, -0.2) is 28.5 Å². The molecule has 1 N–H and O–H groups in total. The van der Waals surface area contributed by atoms with Crippen LogP contribution in [0.4, 0.5) is 0 Å². The first-order chi connectivity index (χ1) is 7.22. The van der Waals surface area contributed by atoms with E-state index < -0.39 is 5.97 Å². The number of hydrogen-bond donors (Lipinski definition) is 1. The Bertz CT molecular complexity index is 489. The van der Waals surface area contributed by atoms with Crippen LogP contribution in [0.15, 0.2) is 12.1 Å². The minimum atomic E-state index is -0.482. The van der Waals surface area contributed by atoms with E-state index in [9.17, 15) is 4.79 Å². The van der Waals surface area contributed by atoms with Crippen molar-refractivity contribution in [1.29, 1.82) is 0 Å². The molecule has 5 nitrogen and oxygen atoms in total. The molecule has 6 heteroatoms. The Morgan fingerprint density at radius 2 is 2.27 bits per heavy atom. The highest BCUT2D eigenvalue weighted by molar-refractivity contribution is 7.15. The Morgan fingerprint density at radius 1 is 1.47 bits per heavy atom. The minimum Gasteiger partial charge on any atom is -0.464 e. The quantitative estimate of drug-likeness (QED) is 0.786. The summed E-state index contributed by atoms with van der Waals surface area (Å²) in [4.78, 5) is 13.4. The van der Waals surface area contributed by atoms with Crippen molar-refractivity contribution < 1.29 is 9.53 Å². The van der Waals surface area contributed by atoms with Crippen LogP contribution in [0.3, 0.4) is 0 Å². The molecule has 0 aromatic carbocycles. The molecule has 2 heterocycles. The SMILES string of the molecule is COC(=O)c1n[nH]nc1-c1ccc(C)s1. The van der Waals surface area contributed by atoms with Crippen LogP contribution >= 0.6 is 11.3 Å². The predicted octanol–water partition coefficient (Wildman–Crippen LogP) is 1.63. The zero-order chi connectivity index (χ0) is 10.8. The Morgan fingerprint density at radius 3 is 2.87 bits per heavy atom. The van der Waals surface area contributed by atoms with Crippen molar-refractivity contribution >= 4 is 17.3 Å². The van der Waals surface area contributed by atoms with E-state index in [2.05, 4.69) is 20.1 Å². The Labute approximate surface area is 90.1 Å². The smallest absolute Gasteiger partial charge is 0.360 e. The van der Waals surface area contributed by atoms with Gasteiger partial charge in [-0.05, 0) is 19.1 Å². The predicted molar refractivity (Wildman–Crippen MR) is 55.8 cm³/mol. The number of nitrogens with zero attached hydrogens (tertiary/aromatic N) is 2. The minimum absolute atomic E-state index is 0.222. The molecule has 2 rings (SSSR count). The van der Waals surface area contributed by atoms with Crippen LogP contribution in [-0.2, 0) is 4.74 Å². The standard InChI is InChI=1S/C9H9N3O2S/c1-5-3-4-6(15-5)7-8(9(13)14-2)11-12-10-7/h3-4H,1-2H3,(H,10,11,12). The maximum atomic E-state index is 11.3. The number of esters is 1. The summed E-state index contributed by atoms with van der Waals surface area (Å²) in [6.45, 7) is 1.99. The van der Waals surface area contributed by atoms with E-state index in [1.807, 2.05) is 19.1 Å². The van der Waals surface area contributed by atoms with Gasteiger partial charge in [0, 0.05) is 4.88 Å². The van der Waals surface area contributed by atoms with Crippen molar-refractivity contribution in [3.05, 3.63) is 22.7 Å². The Balaban J connectivity index is 2.45. The van der Waals surface area contributed by atoms with E-state index >= 15 is 0 Å². The lowest BCUT2D eigenvalue weighted by atomic mass is 10.3. The highest BCUT2D eigenvalue weighted by atomic mass is 32.1. The molecule has 0 atom stereocenters. The summed E-state index contributed by atoms with van der Waals surface area (Å²) in [6, 6.07) is 3.88. The molecular weight excluding hydrogens is 214 g/mol. The van der Waals surface area contributed by atoms with E-state index in [1.165, 1.54) is 7.11 Å². The maximum Gasteiger partial charge on any atom is 0.360 e. The van der Waals surface area contributed by atoms with E-state index in [0.29, 0.717) is 5.69 Å². The molecule has 0 saturated carbocycles. The number of nitrogens with one attached hydrogen (secondary N) is 1. The van der Waals surface area contributed by atoms with Gasteiger partial charge < -0.3 is 4.74 Å². The topological polar surface area (TPSA) is 67.9 Å². The number of carbonyl (C=O) groups excluding carboxylic acids is 1. The van der Waals surface area contributed by atoms with Gasteiger partial charge in [0.05, 0.1) is 12.0 Å². The third-order valence-corrected chi connectivity index (χ3v) is 2.91. The summed E-state index contributed by atoms with van der Waals surface area (Å²) in [7, 11) is 1.32. The molecule has 0 radical (unpaired) electrons. The number of carbonyl (C=O) groups is 1. The van der Waals surface area contributed by atoms with Gasteiger partial charge in [0.15, 0.2) is 5.69 Å². The number of ether oxygens (including phenoxy) is 1. The maximum absolute atomic E-state index is 11.3. The van der Waals surface area contributed by atoms with Crippen molar-refractivity contribution in [3.8, 4) is 10.6 Å². The number of rotatable bonds is 2. The fourth-order valence-electron chi connectivity index (χ4n) is 1.20.